The monoisotopic (exact) mass is 980 g/mol. The number of hydrogen-bond donors (Lipinski definition) is 6. The van der Waals surface area contributed by atoms with Crippen LogP contribution >= 0.6 is 0 Å². The molecule has 1 heterocycles. The van der Waals surface area contributed by atoms with Crippen molar-refractivity contribution < 1.29 is 49.3 Å². The molecule has 1 fully saturated rings. The first-order valence-electron chi connectivity index (χ1n) is 29.1. The molecular formula is C58H109NO10. The number of esters is 1. The molecule has 7 atom stereocenters. The molecule has 0 aromatic carbocycles. The molecule has 0 aliphatic carbocycles. The quantitative estimate of drug-likeness (QED) is 0.0196. The molecule has 0 bridgehead atoms. The number of amides is 1. The molecule has 7 unspecified atom stereocenters. The standard InChI is InChI=1S/C58H109NO10/c1-3-5-7-9-11-13-15-16-21-25-28-32-36-40-44-51(61)50(49-68-58-57(66)56(65)55(64)52(48-60)69-58)59-53(62)45-41-37-33-29-26-22-19-17-18-20-23-27-31-35-39-43-47-67-54(63)46-42-38-34-30-24-14-12-10-8-6-4-2/h25,28,40,44,50-52,55-58,60-61,64-66H,3-24,26-27,29-39,41-43,45-49H2,1-2H3,(H,59,62)/b28-25+,44-40+. The van der Waals surface area contributed by atoms with E-state index in [4.69, 9.17) is 14.2 Å². The first-order valence-corrected chi connectivity index (χ1v) is 29.1. The van der Waals surface area contributed by atoms with Crippen LogP contribution in [0.15, 0.2) is 24.3 Å². The molecule has 11 nitrogen and oxygen atoms in total. The fraction of sp³-hybridized carbons (Fsp3) is 0.897. The average molecular weight is 981 g/mol. The van der Waals surface area contributed by atoms with Gasteiger partial charge in [0.1, 0.15) is 24.4 Å². The van der Waals surface area contributed by atoms with E-state index in [1.165, 1.54) is 173 Å². The minimum absolute atomic E-state index is 0.0157. The van der Waals surface area contributed by atoms with Crippen molar-refractivity contribution in [1.82, 2.24) is 5.32 Å². The number of hydrogen-bond acceptors (Lipinski definition) is 10. The third kappa shape index (κ3) is 38.4. The lowest BCUT2D eigenvalue weighted by atomic mass is 9.99. The number of nitrogens with one attached hydrogen (secondary N) is 1. The predicted octanol–water partition coefficient (Wildman–Crippen LogP) is 12.9. The summed E-state index contributed by atoms with van der Waals surface area (Å²) in [6.07, 6.45) is 46.8. The zero-order valence-electron chi connectivity index (χ0n) is 44.5. The SMILES string of the molecule is CCCCCCCCCC/C=C/CC/C=C/C(O)C(COC1OC(CO)C(O)C(O)C1O)NC(=O)CCCCCCCCCCCCCCCCCCOC(=O)CCCCCCCCCCCCC. The molecule has 0 radical (unpaired) electrons. The van der Waals surface area contributed by atoms with E-state index in [0.29, 0.717) is 19.4 Å². The number of aliphatic hydroxyl groups excluding tert-OH is 5. The lowest BCUT2D eigenvalue weighted by Gasteiger charge is -2.40. The van der Waals surface area contributed by atoms with Crippen LogP contribution in [-0.4, -0.2) is 100 Å². The molecule has 1 aliphatic heterocycles. The van der Waals surface area contributed by atoms with E-state index in [1.807, 2.05) is 6.08 Å². The third-order valence-electron chi connectivity index (χ3n) is 13.8. The summed E-state index contributed by atoms with van der Waals surface area (Å²) in [6, 6.07) is -0.832. The topological polar surface area (TPSA) is 175 Å². The molecule has 1 saturated heterocycles. The highest BCUT2D eigenvalue weighted by molar-refractivity contribution is 5.76. The molecule has 1 rings (SSSR count). The Morgan fingerprint density at radius 2 is 0.942 bits per heavy atom. The molecule has 0 saturated carbocycles. The van der Waals surface area contributed by atoms with Crippen LogP contribution in [0.4, 0.5) is 0 Å². The number of ether oxygens (including phenoxy) is 3. The minimum atomic E-state index is -1.58. The number of rotatable bonds is 50. The largest absolute Gasteiger partial charge is 0.466 e. The Hall–Kier alpha value is -1.86. The van der Waals surface area contributed by atoms with Gasteiger partial charge < -0.3 is 45.1 Å². The zero-order valence-corrected chi connectivity index (χ0v) is 44.5. The number of aliphatic hydroxyl groups is 5. The van der Waals surface area contributed by atoms with Crippen LogP contribution in [0, 0.1) is 0 Å². The molecule has 6 N–H and O–H groups in total. The van der Waals surface area contributed by atoms with E-state index >= 15 is 0 Å². The summed E-state index contributed by atoms with van der Waals surface area (Å²) in [5, 5.41) is 54.3. The van der Waals surface area contributed by atoms with Crippen molar-refractivity contribution in [3.8, 4) is 0 Å². The summed E-state index contributed by atoms with van der Waals surface area (Å²) in [4.78, 5) is 25.1. The Kier molecular flexibility index (Phi) is 45.7. The van der Waals surface area contributed by atoms with Crippen LogP contribution in [0.25, 0.3) is 0 Å². The van der Waals surface area contributed by atoms with Gasteiger partial charge in [-0.3, -0.25) is 9.59 Å². The zero-order chi connectivity index (χ0) is 50.3. The van der Waals surface area contributed by atoms with Crippen LogP contribution < -0.4 is 5.32 Å². The molecule has 406 valence electrons. The van der Waals surface area contributed by atoms with Gasteiger partial charge >= 0.3 is 5.97 Å². The van der Waals surface area contributed by atoms with Gasteiger partial charge in [-0.15, -0.1) is 0 Å². The summed E-state index contributed by atoms with van der Waals surface area (Å²) >= 11 is 0. The molecule has 69 heavy (non-hydrogen) atoms. The van der Waals surface area contributed by atoms with Crippen molar-refractivity contribution >= 4 is 11.9 Å². The Balaban J connectivity index is 2.14. The summed E-state index contributed by atoms with van der Waals surface area (Å²) in [5.74, 6) is -0.213. The fourth-order valence-electron chi connectivity index (χ4n) is 9.16. The third-order valence-corrected chi connectivity index (χ3v) is 13.8. The molecule has 0 spiro atoms. The Morgan fingerprint density at radius 3 is 1.43 bits per heavy atom. The predicted molar refractivity (Wildman–Crippen MR) is 283 cm³/mol. The number of carbonyl (C=O) groups excluding carboxylic acids is 2. The van der Waals surface area contributed by atoms with E-state index < -0.39 is 49.5 Å². The second-order valence-electron chi connectivity index (χ2n) is 20.3. The van der Waals surface area contributed by atoms with Crippen molar-refractivity contribution in [3.05, 3.63) is 24.3 Å². The highest BCUT2D eigenvalue weighted by Crippen LogP contribution is 2.23. The normalized spacial score (nSPS) is 19.4. The van der Waals surface area contributed by atoms with E-state index in [2.05, 4.69) is 31.3 Å². The maximum Gasteiger partial charge on any atom is 0.305 e. The minimum Gasteiger partial charge on any atom is -0.466 e. The second kappa shape index (κ2) is 48.4. The summed E-state index contributed by atoms with van der Waals surface area (Å²) in [7, 11) is 0. The molecule has 11 heteroatoms. The maximum atomic E-state index is 13.0. The van der Waals surface area contributed by atoms with Crippen molar-refractivity contribution in [2.75, 3.05) is 19.8 Å². The van der Waals surface area contributed by atoms with Crippen LogP contribution in [0.3, 0.4) is 0 Å². The first kappa shape index (κ1) is 65.2. The fourth-order valence-corrected chi connectivity index (χ4v) is 9.16. The van der Waals surface area contributed by atoms with Gasteiger partial charge in [0, 0.05) is 12.8 Å². The maximum absolute atomic E-state index is 13.0. The van der Waals surface area contributed by atoms with Crippen LogP contribution in [0.5, 0.6) is 0 Å². The van der Waals surface area contributed by atoms with Crippen LogP contribution in [-0.2, 0) is 23.8 Å². The van der Waals surface area contributed by atoms with Gasteiger partial charge in [0.2, 0.25) is 5.91 Å². The van der Waals surface area contributed by atoms with Crippen molar-refractivity contribution in [1.29, 1.82) is 0 Å². The van der Waals surface area contributed by atoms with Gasteiger partial charge in [-0.25, -0.2) is 0 Å². The highest BCUT2D eigenvalue weighted by Gasteiger charge is 2.44. The number of allylic oxidation sites excluding steroid dienone is 3. The van der Waals surface area contributed by atoms with E-state index in [-0.39, 0.29) is 18.5 Å². The lowest BCUT2D eigenvalue weighted by molar-refractivity contribution is -0.302. The summed E-state index contributed by atoms with van der Waals surface area (Å²) in [6.45, 7) is 4.30. The van der Waals surface area contributed by atoms with Crippen LogP contribution in [0.2, 0.25) is 0 Å². The van der Waals surface area contributed by atoms with Gasteiger partial charge in [0.15, 0.2) is 6.29 Å². The van der Waals surface area contributed by atoms with E-state index in [9.17, 15) is 35.1 Å². The van der Waals surface area contributed by atoms with Crippen molar-refractivity contribution in [2.24, 2.45) is 0 Å². The summed E-state index contributed by atoms with van der Waals surface area (Å²) < 4.78 is 16.7. The van der Waals surface area contributed by atoms with Gasteiger partial charge in [-0.05, 0) is 44.9 Å². The van der Waals surface area contributed by atoms with Gasteiger partial charge in [0.25, 0.3) is 0 Å². The van der Waals surface area contributed by atoms with E-state index in [0.717, 1.165) is 70.6 Å². The second-order valence-corrected chi connectivity index (χ2v) is 20.3. The molecular weight excluding hydrogens is 871 g/mol. The van der Waals surface area contributed by atoms with Crippen molar-refractivity contribution in [3.63, 3.8) is 0 Å². The Labute approximate surface area is 422 Å². The lowest BCUT2D eigenvalue weighted by Crippen LogP contribution is -2.60. The van der Waals surface area contributed by atoms with Gasteiger partial charge in [-0.1, -0.05) is 237 Å². The van der Waals surface area contributed by atoms with Crippen LogP contribution in [0.1, 0.15) is 271 Å². The Bertz CT molecular complexity index is 1200. The number of unbranched alkanes of at least 4 members (excludes halogenated alkanes) is 34. The highest BCUT2D eigenvalue weighted by atomic mass is 16.7. The first-order chi connectivity index (χ1) is 33.7. The molecule has 0 aromatic heterocycles. The van der Waals surface area contributed by atoms with Crippen molar-refractivity contribution in [2.45, 2.75) is 314 Å². The smallest absolute Gasteiger partial charge is 0.305 e. The summed E-state index contributed by atoms with van der Waals surface area (Å²) in [5.41, 5.74) is 0. The van der Waals surface area contributed by atoms with Gasteiger partial charge in [0.05, 0.1) is 32.0 Å². The number of carbonyl (C=O) groups is 2. The van der Waals surface area contributed by atoms with E-state index in [1.54, 1.807) is 6.08 Å². The molecule has 0 aromatic rings. The molecule has 1 amide bonds. The Morgan fingerprint density at radius 1 is 0.522 bits per heavy atom. The van der Waals surface area contributed by atoms with Gasteiger partial charge in [-0.2, -0.15) is 0 Å². The molecule has 1 aliphatic rings. The average Bonchev–Trinajstić information content (AvgIpc) is 3.34.